The molecule has 6 nitrogen and oxygen atoms in total. The molecule has 2 N–H and O–H groups in total. The maximum atomic E-state index is 12.6. The standard InChI is InChI=1S/C23H34N4O2/c1-18(22(29)25-20-8-9-20)27-14-12-26(13-15-27)16-21(28)24-17-23(10-5-11-23)19-6-3-2-4-7-19/h2-4,6-7,18,20H,5,8-17H2,1H3,(H,24,28)(H,25,29). The molecule has 2 saturated carbocycles. The van der Waals surface area contributed by atoms with Gasteiger partial charge in [-0.1, -0.05) is 36.8 Å². The van der Waals surface area contributed by atoms with Gasteiger partial charge >= 0.3 is 0 Å². The molecular formula is C23H34N4O2. The minimum atomic E-state index is -0.0871. The van der Waals surface area contributed by atoms with Crippen LogP contribution >= 0.6 is 0 Å². The van der Waals surface area contributed by atoms with Gasteiger partial charge in [-0.05, 0) is 38.2 Å². The van der Waals surface area contributed by atoms with E-state index >= 15 is 0 Å². The van der Waals surface area contributed by atoms with Gasteiger partial charge in [-0.25, -0.2) is 0 Å². The van der Waals surface area contributed by atoms with Crippen molar-refractivity contribution in [3.8, 4) is 0 Å². The van der Waals surface area contributed by atoms with Crippen LogP contribution in [0.25, 0.3) is 0 Å². The molecule has 1 aromatic carbocycles. The lowest BCUT2D eigenvalue weighted by molar-refractivity contribution is -0.128. The highest BCUT2D eigenvalue weighted by atomic mass is 16.2. The van der Waals surface area contributed by atoms with Crippen molar-refractivity contribution in [2.45, 2.75) is 56.5 Å². The van der Waals surface area contributed by atoms with Gasteiger partial charge < -0.3 is 10.6 Å². The minimum Gasteiger partial charge on any atom is -0.354 e. The molecule has 0 bridgehead atoms. The van der Waals surface area contributed by atoms with Crippen molar-refractivity contribution in [3.05, 3.63) is 35.9 Å². The molecule has 2 amide bonds. The summed E-state index contributed by atoms with van der Waals surface area (Å²) in [7, 11) is 0. The fourth-order valence-corrected chi connectivity index (χ4v) is 4.51. The second-order valence-corrected chi connectivity index (χ2v) is 9.05. The SMILES string of the molecule is CC(C(=O)NC1CC1)N1CCN(CC(=O)NCC2(c3ccccc3)CCC2)CC1. The first-order valence-corrected chi connectivity index (χ1v) is 11.1. The Morgan fingerprint density at radius 3 is 2.38 bits per heavy atom. The van der Waals surface area contributed by atoms with Crippen molar-refractivity contribution in [2.75, 3.05) is 39.3 Å². The van der Waals surface area contributed by atoms with Crippen molar-refractivity contribution in [2.24, 2.45) is 0 Å². The molecule has 3 aliphatic rings. The van der Waals surface area contributed by atoms with Crippen LogP contribution in [0.2, 0.25) is 0 Å². The van der Waals surface area contributed by atoms with Gasteiger partial charge in [-0.2, -0.15) is 0 Å². The first-order valence-electron chi connectivity index (χ1n) is 11.1. The van der Waals surface area contributed by atoms with Crippen LogP contribution < -0.4 is 10.6 Å². The summed E-state index contributed by atoms with van der Waals surface area (Å²) < 4.78 is 0. The molecular weight excluding hydrogens is 364 g/mol. The van der Waals surface area contributed by atoms with Crippen LogP contribution in [0.1, 0.15) is 44.6 Å². The van der Waals surface area contributed by atoms with Gasteiger partial charge in [0.15, 0.2) is 0 Å². The van der Waals surface area contributed by atoms with Crippen LogP contribution in [0, 0.1) is 0 Å². The summed E-state index contributed by atoms with van der Waals surface area (Å²) in [5.41, 5.74) is 1.47. The highest BCUT2D eigenvalue weighted by Gasteiger charge is 2.38. The first kappa shape index (κ1) is 20.4. The largest absolute Gasteiger partial charge is 0.354 e. The smallest absolute Gasteiger partial charge is 0.237 e. The van der Waals surface area contributed by atoms with Crippen LogP contribution in [0.5, 0.6) is 0 Å². The minimum absolute atomic E-state index is 0.0871. The van der Waals surface area contributed by atoms with Gasteiger partial charge in [-0.3, -0.25) is 19.4 Å². The molecule has 29 heavy (non-hydrogen) atoms. The van der Waals surface area contributed by atoms with Crippen molar-refractivity contribution < 1.29 is 9.59 Å². The van der Waals surface area contributed by atoms with Crippen molar-refractivity contribution in [3.63, 3.8) is 0 Å². The molecule has 0 spiro atoms. The van der Waals surface area contributed by atoms with Gasteiger partial charge in [0, 0.05) is 44.2 Å². The van der Waals surface area contributed by atoms with E-state index in [0.717, 1.165) is 58.4 Å². The van der Waals surface area contributed by atoms with Gasteiger partial charge in [-0.15, -0.1) is 0 Å². The number of nitrogens with zero attached hydrogens (tertiary/aromatic N) is 2. The summed E-state index contributed by atoms with van der Waals surface area (Å²) in [6.45, 7) is 6.49. The van der Waals surface area contributed by atoms with E-state index in [0.29, 0.717) is 12.6 Å². The maximum Gasteiger partial charge on any atom is 0.237 e. The Morgan fingerprint density at radius 1 is 1.10 bits per heavy atom. The Morgan fingerprint density at radius 2 is 1.79 bits per heavy atom. The molecule has 1 aromatic rings. The maximum absolute atomic E-state index is 12.6. The average Bonchev–Trinajstić information content (AvgIpc) is 3.52. The molecule has 1 saturated heterocycles. The zero-order valence-electron chi connectivity index (χ0n) is 17.5. The van der Waals surface area contributed by atoms with Gasteiger partial charge in [0.25, 0.3) is 0 Å². The molecule has 0 aromatic heterocycles. The monoisotopic (exact) mass is 398 g/mol. The Kier molecular flexibility index (Phi) is 6.20. The van der Waals surface area contributed by atoms with E-state index in [1.807, 2.05) is 13.0 Å². The van der Waals surface area contributed by atoms with E-state index in [1.54, 1.807) is 0 Å². The number of carbonyl (C=O) groups excluding carboxylic acids is 2. The third-order valence-corrected chi connectivity index (χ3v) is 6.95. The van der Waals surface area contributed by atoms with Crippen molar-refractivity contribution in [1.29, 1.82) is 0 Å². The molecule has 1 atom stereocenters. The molecule has 6 heteroatoms. The number of rotatable bonds is 8. The number of piperazine rings is 1. The highest BCUT2D eigenvalue weighted by Crippen LogP contribution is 2.43. The molecule has 2 aliphatic carbocycles. The summed E-state index contributed by atoms with van der Waals surface area (Å²) >= 11 is 0. The highest BCUT2D eigenvalue weighted by molar-refractivity contribution is 5.82. The van der Waals surface area contributed by atoms with Gasteiger partial charge in [0.1, 0.15) is 0 Å². The fourth-order valence-electron chi connectivity index (χ4n) is 4.51. The zero-order valence-corrected chi connectivity index (χ0v) is 17.5. The van der Waals surface area contributed by atoms with Gasteiger partial charge in [0.05, 0.1) is 12.6 Å². The predicted molar refractivity (Wildman–Crippen MR) is 114 cm³/mol. The first-order chi connectivity index (χ1) is 14.1. The molecule has 1 unspecified atom stereocenters. The molecule has 1 heterocycles. The number of hydrogen-bond acceptors (Lipinski definition) is 4. The van der Waals surface area contributed by atoms with Crippen molar-refractivity contribution >= 4 is 11.8 Å². The number of carbonyl (C=O) groups is 2. The number of benzene rings is 1. The molecule has 4 rings (SSSR count). The predicted octanol–water partition coefficient (Wildman–Crippen LogP) is 1.51. The average molecular weight is 399 g/mol. The van der Waals surface area contributed by atoms with Crippen LogP contribution in [-0.4, -0.2) is 73.0 Å². The lowest BCUT2D eigenvalue weighted by Gasteiger charge is -2.43. The molecule has 158 valence electrons. The third kappa shape index (κ3) is 4.98. The van der Waals surface area contributed by atoms with Crippen LogP contribution in [0.4, 0.5) is 0 Å². The Bertz CT molecular complexity index is 707. The van der Waals surface area contributed by atoms with E-state index in [9.17, 15) is 9.59 Å². The van der Waals surface area contributed by atoms with Crippen LogP contribution in [-0.2, 0) is 15.0 Å². The Balaban J connectivity index is 1.19. The summed E-state index contributed by atoms with van der Waals surface area (Å²) in [5, 5.41) is 6.28. The molecule has 0 radical (unpaired) electrons. The van der Waals surface area contributed by atoms with Crippen LogP contribution in [0.3, 0.4) is 0 Å². The lowest BCUT2D eigenvalue weighted by atomic mass is 9.64. The van der Waals surface area contributed by atoms with Crippen LogP contribution in [0.15, 0.2) is 30.3 Å². The number of amides is 2. The number of hydrogen-bond donors (Lipinski definition) is 2. The summed E-state index contributed by atoms with van der Waals surface area (Å²) in [4.78, 5) is 29.2. The van der Waals surface area contributed by atoms with E-state index in [-0.39, 0.29) is 23.3 Å². The van der Waals surface area contributed by atoms with Gasteiger partial charge in [0.2, 0.25) is 11.8 Å². The van der Waals surface area contributed by atoms with E-state index in [1.165, 1.54) is 12.0 Å². The summed E-state index contributed by atoms with van der Waals surface area (Å²) in [6.07, 6.45) is 5.77. The van der Waals surface area contributed by atoms with E-state index < -0.39 is 0 Å². The molecule has 1 aliphatic heterocycles. The topological polar surface area (TPSA) is 64.7 Å². The fraction of sp³-hybridized carbons (Fsp3) is 0.652. The Hall–Kier alpha value is -1.92. The lowest BCUT2D eigenvalue weighted by Crippen LogP contribution is -2.55. The molecule has 3 fully saturated rings. The van der Waals surface area contributed by atoms with E-state index in [4.69, 9.17) is 0 Å². The summed E-state index contributed by atoms with van der Waals surface area (Å²) in [6, 6.07) is 10.9. The quantitative estimate of drug-likeness (QED) is 0.697. The zero-order chi connectivity index (χ0) is 20.3. The third-order valence-electron chi connectivity index (χ3n) is 6.95. The van der Waals surface area contributed by atoms with Crippen molar-refractivity contribution in [1.82, 2.24) is 20.4 Å². The summed E-state index contributed by atoms with van der Waals surface area (Å²) in [5.74, 6) is 0.255. The Labute approximate surface area is 174 Å². The normalized spacial score (nSPS) is 23.1. The number of nitrogens with one attached hydrogen (secondary N) is 2. The van der Waals surface area contributed by atoms with E-state index in [2.05, 4.69) is 44.7 Å². The second-order valence-electron chi connectivity index (χ2n) is 9.05. The second kappa shape index (κ2) is 8.84.